The van der Waals surface area contributed by atoms with Gasteiger partial charge in [-0.2, -0.15) is 9.90 Å². The zero-order chi connectivity index (χ0) is 20.4. The minimum atomic E-state index is -0.241. The van der Waals surface area contributed by atoms with E-state index in [-0.39, 0.29) is 12.5 Å². The standard InChI is InChI=1S/C19H21Cl2N7O/c1-12-7-17(28(24-12)16-5-3-2-4-6-16)22-18(29)11-27-25-19(23-26-27)13-8-14(20)10-15(21)9-13/h7-10,16H,2-6,11H2,1H3,(H,22,29). The van der Waals surface area contributed by atoms with Crippen molar-refractivity contribution in [3.8, 4) is 11.4 Å². The van der Waals surface area contributed by atoms with E-state index in [2.05, 4.69) is 25.8 Å². The van der Waals surface area contributed by atoms with Crippen LogP contribution < -0.4 is 5.32 Å². The first kappa shape index (κ1) is 19.8. The molecule has 8 nitrogen and oxygen atoms in total. The van der Waals surface area contributed by atoms with E-state index in [1.165, 1.54) is 24.1 Å². The molecule has 1 aliphatic carbocycles. The largest absolute Gasteiger partial charge is 0.309 e. The molecule has 0 atom stereocenters. The molecule has 1 aromatic carbocycles. The van der Waals surface area contributed by atoms with Gasteiger partial charge in [0.1, 0.15) is 12.4 Å². The second kappa shape index (κ2) is 8.51. The van der Waals surface area contributed by atoms with Crippen molar-refractivity contribution in [2.45, 2.75) is 51.6 Å². The molecular weight excluding hydrogens is 413 g/mol. The number of tetrazole rings is 1. The van der Waals surface area contributed by atoms with Gasteiger partial charge in [-0.25, -0.2) is 4.68 Å². The van der Waals surface area contributed by atoms with Crippen LogP contribution in [0, 0.1) is 6.92 Å². The summed E-state index contributed by atoms with van der Waals surface area (Å²) in [6.07, 6.45) is 5.81. The lowest BCUT2D eigenvalue weighted by atomic mass is 9.96. The average Bonchev–Trinajstić information content (AvgIpc) is 3.28. The number of anilines is 1. The number of hydrogen-bond acceptors (Lipinski definition) is 5. The van der Waals surface area contributed by atoms with Gasteiger partial charge in [-0.3, -0.25) is 4.79 Å². The van der Waals surface area contributed by atoms with E-state index in [1.807, 2.05) is 17.7 Å². The number of halogens is 2. The van der Waals surface area contributed by atoms with Crippen molar-refractivity contribution in [2.24, 2.45) is 0 Å². The Morgan fingerprint density at radius 1 is 1.10 bits per heavy atom. The third-order valence-electron chi connectivity index (χ3n) is 4.90. The number of benzene rings is 1. The maximum absolute atomic E-state index is 12.6. The molecule has 3 aromatic rings. The molecule has 2 aromatic heterocycles. The summed E-state index contributed by atoms with van der Waals surface area (Å²) in [5.41, 5.74) is 1.52. The van der Waals surface area contributed by atoms with Gasteiger partial charge in [-0.05, 0) is 43.2 Å². The number of carbonyl (C=O) groups is 1. The van der Waals surface area contributed by atoms with Crippen LogP contribution >= 0.6 is 23.2 Å². The van der Waals surface area contributed by atoms with Crippen LogP contribution in [-0.2, 0) is 11.3 Å². The molecule has 152 valence electrons. The summed E-state index contributed by atoms with van der Waals surface area (Å²) < 4.78 is 1.94. The van der Waals surface area contributed by atoms with Crippen LogP contribution in [0.15, 0.2) is 24.3 Å². The highest BCUT2D eigenvalue weighted by molar-refractivity contribution is 6.35. The summed E-state index contributed by atoms with van der Waals surface area (Å²) >= 11 is 12.0. The number of carbonyl (C=O) groups excluding carboxylic acids is 1. The summed E-state index contributed by atoms with van der Waals surface area (Å²) in [7, 11) is 0. The summed E-state index contributed by atoms with van der Waals surface area (Å²) in [5, 5.41) is 20.7. The van der Waals surface area contributed by atoms with Crippen molar-refractivity contribution in [3.05, 3.63) is 40.0 Å². The summed E-state index contributed by atoms with van der Waals surface area (Å²) in [6.45, 7) is 1.87. The first-order valence-corrected chi connectivity index (χ1v) is 10.3. The fourth-order valence-corrected chi connectivity index (χ4v) is 4.16. The van der Waals surface area contributed by atoms with Crippen molar-refractivity contribution in [1.82, 2.24) is 30.0 Å². The number of nitrogens with one attached hydrogen (secondary N) is 1. The highest BCUT2D eigenvalue weighted by atomic mass is 35.5. The number of rotatable bonds is 5. The number of aryl methyl sites for hydroxylation is 1. The molecule has 10 heteroatoms. The minimum Gasteiger partial charge on any atom is -0.309 e. The molecule has 0 bridgehead atoms. The average molecular weight is 434 g/mol. The Balaban J connectivity index is 1.45. The molecule has 0 radical (unpaired) electrons. The molecule has 0 spiro atoms. The van der Waals surface area contributed by atoms with E-state index < -0.39 is 0 Å². The number of hydrogen-bond donors (Lipinski definition) is 1. The maximum atomic E-state index is 12.6. The van der Waals surface area contributed by atoms with Crippen LogP contribution in [0.5, 0.6) is 0 Å². The summed E-state index contributed by atoms with van der Waals surface area (Å²) in [4.78, 5) is 13.8. The van der Waals surface area contributed by atoms with E-state index in [1.54, 1.807) is 18.2 Å². The zero-order valence-corrected chi connectivity index (χ0v) is 17.5. The van der Waals surface area contributed by atoms with Gasteiger partial charge in [0.2, 0.25) is 11.7 Å². The van der Waals surface area contributed by atoms with Gasteiger partial charge in [0, 0.05) is 21.7 Å². The molecule has 2 heterocycles. The van der Waals surface area contributed by atoms with Crippen molar-refractivity contribution in [1.29, 1.82) is 0 Å². The molecule has 1 amide bonds. The van der Waals surface area contributed by atoms with E-state index in [0.29, 0.717) is 33.3 Å². The SMILES string of the molecule is Cc1cc(NC(=O)Cn2nnc(-c3cc(Cl)cc(Cl)c3)n2)n(C2CCCCC2)n1. The number of aromatic nitrogens is 6. The first-order valence-electron chi connectivity index (χ1n) is 9.58. The van der Waals surface area contributed by atoms with E-state index in [9.17, 15) is 4.79 Å². The van der Waals surface area contributed by atoms with Gasteiger partial charge in [0.05, 0.1) is 11.7 Å². The van der Waals surface area contributed by atoms with Gasteiger partial charge in [-0.15, -0.1) is 10.2 Å². The monoisotopic (exact) mass is 433 g/mol. The molecule has 0 saturated heterocycles. The van der Waals surface area contributed by atoms with Crippen molar-refractivity contribution >= 4 is 34.9 Å². The highest BCUT2D eigenvalue weighted by Crippen LogP contribution is 2.30. The van der Waals surface area contributed by atoms with Crippen molar-refractivity contribution in [2.75, 3.05) is 5.32 Å². The van der Waals surface area contributed by atoms with Gasteiger partial charge >= 0.3 is 0 Å². The summed E-state index contributed by atoms with van der Waals surface area (Å²) in [6, 6.07) is 7.24. The Bertz CT molecular complexity index is 1000. The van der Waals surface area contributed by atoms with Gasteiger partial charge < -0.3 is 5.32 Å². The first-order chi connectivity index (χ1) is 14.0. The molecule has 1 fully saturated rings. The third-order valence-corrected chi connectivity index (χ3v) is 5.34. The smallest absolute Gasteiger partial charge is 0.249 e. The molecule has 1 aliphatic rings. The van der Waals surface area contributed by atoms with Gasteiger partial charge in [0.15, 0.2) is 0 Å². The topological polar surface area (TPSA) is 90.5 Å². The van der Waals surface area contributed by atoms with Gasteiger partial charge in [0.25, 0.3) is 0 Å². The predicted molar refractivity (Wildman–Crippen MR) is 111 cm³/mol. The van der Waals surface area contributed by atoms with Crippen LogP contribution in [0.2, 0.25) is 10.0 Å². The second-order valence-electron chi connectivity index (χ2n) is 7.26. The molecule has 0 aliphatic heterocycles. The molecule has 4 rings (SSSR count). The molecule has 29 heavy (non-hydrogen) atoms. The Labute approximate surface area is 178 Å². The third kappa shape index (κ3) is 4.76. The lowest BCUT2D eigenvalue weighted by molar-refractivity contribution is -0.117. The Morgan fingerprint density at radius 2 is 1.83 bits per heavy atom. The van der Waals surface area contributed by atoms with Crippen LogP contribution in [0.4, 0.5) is 5.82 Å². The van der Waals surface area contributed by atoms with Crippen molar-refractivity contribution < 1.29 is 4.79 Å². The van der Waals surface area contributed by atoms with Crippen molar-refractivity contribution in [3.63, 3.8) is 0 Å². The summed E-state index contributed by atoms with van der Waals surface area (Å²) in [5.74, 6) is 0.821. The minimum absolute atomic E-state index is 0.0593. The van der Waals surface area contributed by atoms with Crippen LogP contribution in [0.25, 0.3) is 11.4 Å². The molecule has 0 unspecified atom stereocenters. The molecule has 1 saturated carbocycles. The predicted octanol–water partition coefficient (Wildman–Crippen LogP) is 4.30. The van der Waals surface area contributed by atoms with Crippen LogP contribution in [0.3, 0.4) is 0 Å². The molecular formula is C19H21Cl2N7O. The van der Waals surface area contributed by atoms with E-state index in [4.69, 9.17) is 23.2 Å². The highest BCUT2D eigenvalue weighted by Gasteiger charge is 2.20. The lowest BCUT2D eigenvalue weighted by Crippen LogP contribution is -2.24. The zero-order valence-electron chi connectivity index (χ0n) is 16.0. The molecule has 1 N–H and O–H groups in total. The Kier molecular flexibility index (Phi) is 5.82. The van der Waals surface area contributed by atoms with Crippen LogP contribution in [0.1, 0.15) is 43.8 Å². The Morgan fingerprint density at radius 3 is 2.55 bits per heavy atom. The normalized spacial score (nSPS) is 14.9. The number of amides is 1. The Hall–Kier alpha value is -2.45. The maximum Gasteiger partial charge on any atom is 0.249 e. The fourth-order valence-electron chi connectivity index (χ4n) is 3.63. The van der Waals surface area contributed by atoms with Gasteiger partial charge in [-0.1, -0.05) is 42.5 Å². The number of nitrogens with zero attached hydrogens (tertiary/aromatic N) is 6. The fraction of sp³-hybridized carbons (Fsp3) is 0.421. The quantitative estimate of drug-likeness (QED) is 0.647. The second-order valence-corrected chi connectivity index (χ2v) is 8.13. The van der Waals surface area contributed by atoms with Crippen LogP contribution in [-0.4, -0.2) is 35.9 Å². The van der Waals surface area contributed by atoms with E-state index >= 15 is 0 Å². The lowest BCUT2D eigenvalue weighted by Gasteiger charge is -2.23. The van der Waals surface area contributed by atoms with E-state index in [0.717, 1.165) is 18.5 Å².